The zero-order valence-corrected chi connectivity index (χ0v) is 12.6. The molecule has 1 fully saturated rings. The Labute approximate surface area is 118 Å². The second-order valence-electron chi connectivity index (χ2n) is 5.03. The molecule has 1 N–H and O–H groups in total. The molecule has 0 atom stereocenters. The molecule has 2 rings (SSSR count). The summed E-state index contributed by atoms with van der Waals surface area (Å²) in [6.07, 6.45) is 9.40. The molecule has 2 nitrogen and oxygen atoms in total. The molecule has 0 heterocycles. The summed E-state index contributed by atoms with van der Waals surface area (Å²) in [5.74, 6) is 0.931. The van der Waals surface area contributed by atoms with Crippen LogP contribution in [-0.4, -0.2) is 13.2 Å². The highest BCUT2D eigenvalue weighted by molar-refractivity contribution is 9.10. The third kappa shape index (κ3) is 3.91. The molecule has 0 amide bonds. The second-order valence-corrected chi connectivity index (χ2v) is 5.95. The standard InChI is InChI=1S/C15H22BrNO/c1-18-15-10-9-12(16)11-14(15)17-13-7-5-3-2-4-6-8-13/h9-11,13,17H,2-8H2,1H3. The van der Waals surface area contributed by atoms with Crippen molar-refractivity contribution in [3.8, 4) is 5.75 Å². The van der Waals surface area contributed by atoms with Gasteiger partial charge in [0.2, 0.25) is 0 Å². The lowest BCUT2D eigenvalue weighted by molar-refractivity contribution is 0.414. The predicted octanol–water partition coefficient (Wildman–Crippen LogP) is 4.98. The summed E-state index contributed by atoms with van der Waals surface area (Å²) in [6.45, 7) is 0. The van der Waals surface area contributed by atoms with Gasteiger partial charge in [-0.2, -0.15) is 0 Å². The summed E-state index contributed by atoms with van der Waals surface area (Å²) in [6, 6.07) is 6.73. The molecule has 0 aliphatic heterocycles. The van der Waals surface area contributed by atoms with Crippen LogP contribution in [0.25, 0.3) is 0 Å². The third-order valence-corrected chi connectivity index (χ3v) is 4.12. The van der Waals surface area contributed by atoms with Gasteiger partial charge in [-0.25, -0.2) is 0 Å². The van der Waals surface area contributed by atoms with Crippen molar-refractivity contribution < 1.29 is 4.74 Å². The quantitative estimate of drug-likeness (QED) is 0.849. The number of benzene rings is 1. The first kappa shape index (κ1) is 13.7. The number of hydrogen-bond donors (Lipinski definition) is 1. The Morgan fingerprint density at radius 3 is 2.44 bits per heavy atom. The molecular formula is C15H22BrNO. The van der Waals surface area contributed by atoms with E-state index in [4.69, 9.17) is 4.74 Å². The van der Waals surface area contributed by atoms with Gasteiger partial charge in [-0.1, -0.05) is 48.0 Å². The Balaban J connectivity index is 2.04. The first-order valence-electron chi connectivity index (χ1n) is 6.89. The van der Waals surface area contributed by atoms with Crippen molar-refractivity contribution in [3.63, 3.8) is 0 Å². The summed E-state index contributed by atoms with van der Waals surface area (Å²) >= 11 is 3.52. The van der Waals surface area contributed by atoms with Gasteiger partial charge in [0, 0.05) is 10.5 Å². The topological polar surface area (TPSA) is 21.3 Å². The highest BCUT2D eigenvalue weighted by Gasteiger charge is 2.13. The predicted molar refractivity (Wildman–Crippen MR) is 80.4 cm³/mol. The Bertz CT molecular complexity index is 373. The van der Waals surface area contributed by atoms with Gasteiger partial charge in [0.1, 0.15) is 5.75 Å². The van der Waals surface area contributed by atoms with Crippen LogP contribution in [0.2, 0.25) is 0 Å². The van der Waals surface area contributed by atoms with Crippen LogP contribution in [0.1, 0.15) is 44.9 Å². The molecule has 0 unspecified atom stereocenters. The number of rotatable bonds is 3. The second kappa shape index (κ2) is 7.03. The minimum atomic E-state index is 0.591. The molecule has 0 radical (unpaired) electrons. The van der Waals surface area contributed by atoms with Crippen molar-refractivity contribution in [3.05, 3.63) is 22.7 Å². The number of halogens is 1. The van der Waals surface area contributed by atoms with Crippen molar-refractivity contribution in [1.29, 1.82) is 0 Å². The van der Waals surface area contributed by atoms with E-state index >= 15 is 0 Å². The molecule has 1 aromatic rings. The highest BCUT2D eigenvalue weighted by Crippen LogP contribution is 2.30. The van der Waals surface area contributed by atoms with E-state index < -0.39 is 0 Å². The maximum atomic E-state index is 5.41. The van der Waals surface area contributed by atoms with Gasteiger partial charge in [0.05, 0.1) is 12.8 Å². The van der Waals surface area contributed by atoms with Crippen LogP contribution in [0.4, 0.5) is 5.69 Å². The van der Waals surface area contributed by atoms with E-state index in [9.17, 15) is 0 Å². The first-order chi connectivity index (χ1) is 8.79. The number of methoxy groups -OCH3 is 1. The zero-order chi connectivity index (χ0) is 12.8. The van der Waals surface area contributed by atoms with E-state index in [0.29, 0.717) is 6.04 Å². The van der Waals surface area contributed by atoms with Gasteiger partial charge in [-0.3, -0.25) is 0 Å². The summed E-state index contributed by atoms with van der Waals surface area (Å²) < 4.78 is 6.51. The molecule has 1 aliphatic rings. The molecule has 100 valence electrons. The number of nitrogens with one attached hydrogen (secondary N) is 1. The molecule has 3 heteroatoms. The van der Waals surface area contributed by atoms with E-state index in [1.54, 1.807) is 7.11 Å². The number of hydrogen-bond acceptors (Lipinski definition) is 2. The van der Waals surface area contributed by atoms with Crippen LogP contribution < -0.4 is 10.1 Å². The summed E-state index contributed by atoms with van der Waals surface area (Å²) in [7, 11) is 1.73. The third-order valence-electron chi connectivity index (χ3n) is 3.63. The molecule has 1 aliphatic carbocycles. The summed E-state index contributed by atoms with van der Waals surface area (Å²) in [5, 5.41) is 3.65. The van der Waals surface area contributed by atoms with Crippen LogP contribution in [0.5, 0.6) is 5.75 Å². The smallest absolute Gasteiger partial charge is 0.142 e. The van der Waals surface area contributed by atoms with Crippen molar-refractivity contribution in [2.75, 3.05) is 12.4 Å². The SMILES string of the molecule is COc1ccc(Br)cc1NC1CCCCCCC1. The lowest BCUT2D eigenvalue weighted by Crippen LogP contribution is -2.20. The Morgan fingerprint density at radius 1 is 1.11 bits per heavy atom. The van der Waals surface area contributed by atoms with Crippen molar-refractivity contribution in [2.45, 2.75) is 51.0 Å². The monoisotopic (exact) mass is 311 g/mol. The van der Waals surface area contributed by atoms with Gasteiger partial charge in [0.25, 0.3) is 0 Å². The maximum absolute atomic E-state index is 5.41. The van der Waals surface area contributed by atoms with Gasteiger partial charge in [0.15, 0.2) is 0 Å². The molecule has 0 aromatic heterocycles. The van der Waals surface area contributed by atoms with Gasteiger partial charge in [-0.05, 0) is 31.0 Å². The van der Waals surface area contributed by atoms with E-state index in [2.05, 4.69) is 27.3 Å². The largest absolute Gasteiger partial charge is 0.495 e. The normalized spacial score (nSPS) is 17.9. The molecule has 18 heavy (non-hydrogen) atoms. The number of anilines is 1. The van der Waals surface area contributed by atoms with Crippen LogP contribution >= 0.6 is 15.9 Å². The molecule has 1 aromatic carbocycles. The average Bonchev–Trinajstić information content (AvgIpc) is 2.33. The van der Waals surface area contributed by atoms with Crippen molar-refractivity contribution >= 4 is 21.6 Å². The minimum absolute atomic E-state index is 0.591. The highest BCUT2D eigenvalue weighted by atomic mass is 79.9. The van der Waals surface area contributed by atoms with Crippen LogP contribution in [-0.2, 0) is 0 Å². The van der Waals surface area contributed by atoms with Crippen molar-refractivity contribution in [1.82, 2.24) is 0 Å². The average molecular weight is 312 g/mol. The summed E-state index contributed by atoms with van der Waals surface area (Å²) in [4.78, 5) is 0. The van der Waals surface area contributed by atoms with E-state index in [1.165, 1.54) is 44.9 Å². The molecular weight excluding hydrogens is 290 g/mol. The fourth-order valence-corrected chi connectivity index (χ4v) is 2.97. The minimum Gasteiger partial charge on any atom is -0.495 e. The maximum Gasteiger partial charge on any atom is 0.142 e. The zero-order valence-electron chi connectivity index (χ0n) is 11.0. The van der Waals surface area contributed by atoms with Crippen LogP contribution in [0.15, 0.2) is 22.7 Å². The molecule has 1 saturated carbocycles. The first-order valence-corrected chi connectivity index (χ1v) is 7.69. The van der Waals surface area contributed by atoms with Gasteiger partial charge in [-0.15, -0.1) is 0 Å². The Morgan fingerprint density at radius 2 is 1.78 bits per heavy atom. The molecule has 0 saturated heterocycles. The number of ether oxygens (including phenoxy) is 1. The lowest BCUT2D eigenvalue weighted by Gasteiger charge is -2.23. The van der Waals surface area contributed by atoms with E-state index in [-0.39, 0.29) is 0 Å². The van der Waals surface area contributed by atoms with E-state index in [1.807, 2.05) is 12.1 Å². The molecule has 0 spiro atoms. The fraction of sp³-hybridized carbons (Fsp3) is 0.600. The van der Waals surface area contributed by atoms with Gasteiger partial charge < -0.3 is 10.1 Å². The Kier molecular flexibility index (Phi) is 5.36. The van der Waals surface area contributed by atoms with Crippen molar-refractivity contribution in [2.24, 2.45) is 0 Å². The van der Waals surface area contributed by atoms with E-state index in [0.717, 1.165) is 15.9 Å². The lowest BCUT2D eigenvalue weighted by atomic mass is 9.96. The molecule has 0 bridgehead atoms. The fourth-order valence-electron chi connectivity index (χ4n) is 2.61. The van der Waals surface area contributed by atoms with Gasteiger partial charge >= 0.3 is 0 Å². The summed E-state index contributed by atoms with van der Waals surface area (Å²) in [5.41, 5.74) is 1.11. The van der Waals surface area contributed by atoms with Crippen LogP contribution in [0, 0.1) is 0 Å². The van der Waals surface area contributed by atoms with Crippen LogP contribution in [0.3, 0.4) is 0 Å². The Hall–Kier alpha value is -0.700.